The first kappa shape index (κ1) is 19.1. The highest BCUT2D eigenvalue weighted by Gasteiger charge is 2.17. The van der Waals surface area contributed by atoms with Crippen molar-refractivity contribution in [3.05, 3.63) is 38.9 Å². The third-order valence-corrected chi connectivity index (χ3v) is 6.38. The Bertz CT molecular complexity index is 905. The molecular formula is C16H14ClN3O3S3. The lowest BCUT2D eigenvalue weighted by atomic mass is 10.3. The molecule has 3 rings (SSSR count). The van der Waals surface area contributed by atoms with Crippen LogP contribution in [0.5, 0.6) is 0 Å². The van der Waals surface area contributed by atoms with Crippen LogP contribution in [0.1, 0.15) is 16.6 Å². The molecule has 0 radical (unpaired) electrons. The van der Waals surface area contributed by atoms with Gasteiger partial charge in [-0.3, -0.25) is 9.59 Å². The molecule has 0 aromatic carbocycles. The highest BCUT2D eigenvalue weighted by Crippen LogP contribution is 2.27. The SMILES string of the molecule is CCn1c(SCC(=O)OCC(=O)c2ccc(Cl)s2)nnc1-c1cccs1. The van der Waals surface area contributed by atoms with Gasteiger partial charge in [-0.15, -0.1) is 32.9 Å². The van der Waals surface area contributed by atoms with E-state index in [0.717, 1.165) is 22.0 Å². The topological polar surface area (TPSA) is 74.1 Å². The van der Waals surface area contributed by atoms with Crippen molar-refractivity contribution in [3.8, 4) is 10.7 Å². The van der Waals surface area contributed by atoms with Crippen molar-refractivity contribution < 1.29 is 14.3 Å². The largest absolute Gasteiger partial charge is 0.457 e. The molecule has 0 aliphatic heterocycles. The fourth-order valence-electron chi connectivity index (χ4n) is 2.12. The lowest BCUT2D eigenvalue weighted by Gasteiger charge is -2.06. The number of aromatic nitrogens is 3. The highest BCUT2D eigenvalue weighted by atomic mass is 35.5. The first-order chi connectivity index (χ1) is 12.6. The van der Waals surface area contributed by atoms with Crippen molar-refractivity contribution in [3.63, 3.8) is 0 Å². The number of ketones is 1. The molecule has 136 valence electrons. The first-order valence-corrected chi connectivity index (χ1v) is 10.7. The van der Waals surface area contributed by atoms with E-state index in [1.807, 2.05) is 29.0 Å². The van der Waals surface area contributed by atoms with Crippen LogP contribution in [-0.4, -0.2) is 38.9 Å². The average molecular weight is 428 g/mol. The molecule has 10 heteroatoms. The predicted molar refractivity (Wildman–Crippen MR) is 104 cm³/mol. The maximum absolute atomic E-state index is 11.9. The Labute approximate surface area is 167 Å². The summed E-state index contributed by atoms with van der Waals surface area (Å²) >= 11 is 9.78. The van der Waals surface area contributed by atoms with Gasteiger partial charge in [0.25, 0.3) is 0 Å². The summed E-state index contributed by atoms with van der Waals surface area (Å²) in [5.41, 5.74) is 0. The minimum atomic E-state index is -0.477. The molecule has 26 heavy (non-hydrogen) atoms. The van der Waals surface area contributed by atoms with Crippen LogP contribution in [0.4, 0.5) is 0 Å². The van der Waals surface area contributed by atoms with Crippen molar-refractivity contribution >= 4 is 57.8 Å². The summed E-state index contributed by atoms with van der Waals surface area (Å²) in [4.78, 5) is 25.3. The fraction of sp³-hybridized carbons (Fsp3) is 0.250. The third kappa shape index (κ3) is 4.53. The minimum absolute atomic E-state index is 0.0566. The van der Waals surface area contributed by atoms with Gasteiger partial charge in [-0.05, 0) is 30.5 Å². The molecule has 3 heterocycles. The van der Waals surface area contributed by atoms with Crippen LogP contribution < -0.4 is 0 Å². The Balaban J connectivity index is 1.54. The van der Waals surface area contributed by atoms with Crippen molar-refractivity contribution in [1.82, 2.24) is 14.8 Å². The van der Waals surface area contributed by atoms with Gasteiger partial charge < -0.3 is 9.30 Å². The zero-order valence-corrected chi connectivity index (χ0v) is 16.9. The maximum Gasteiger partial charge on any atom is 0.316 e. The quantitative estimate of drug-likeness (QED) is 0.304. The van der Waals surface area contributed by atoms with Crippen molar-refractivity contribution in [1.29, 1.82) is 0 Å². The number of nitrogens with zero attached hydrogens (tertiary/aromatic N) is 3. The second-order valence-electron chi connectivity index (χ2n) is 5.00. The fourth-order valence-corrected chi connectivity index (χ4v) is 4.60. The smallest absolute Gasteiger partial charge is 0.316 e. The van der Waals surface area contributed by atoms with Crippen LogP contribution in [0.3, 0.4) is 0 Å². The summed E-state index contributed by atoms with van der Waals surface area (Å²) in [6, 6.07) is 7.19. The molecule has 0 saturated carbocycles. The molecule has 0 fully saturated rings. The van der Waals surface area contributed by atoms with E-state index in [2.05, 4.69) is 10.2 Å². The van der Waals surface area contributed by atoms with Crippen LogP contribution in [0.15, 0.2) is 34.8 Å². The van der Waals surface area contributed by atoms with E-state index >= 15 is 0 Å². The molecule has 0 aliphatic carbocycles. The summed E-state index contributed by atoms with van der Waals surface area (Å²) in [5, 5.41) is 11.0. The van der Waals surface area contributed by atoms with Crippen molar-refractivity contribution in [2.45, 2.75) is 18.6 Å². The number of carbonyl (C=O) groups excluding carboxylic acids is 2. The van der Waals surface area contributed by atoms with Crippen LogP contribution in [0.25, 0.3) is 10.7 Å². The molecule has 0 atom stereocenters. The third-order valence-electron chi connectivity index (χ3n) is 3.31. The normalized spacial score (nSPS) is 10.8. The lowest BCUT2D eigenvalue weighted by Crippen LogP contribution is -2.15. The van der Waals surface area contributed by atoms with Gasteiger partial charge in [0.2, 0.25) is 5.78 Å². The Morgan fingerprint density at radius 1 is 1.31 bits per heavy atom. The molecule has 0 N–H and O–H groups in total. The number of rotatable bonds is 8. The van der Waals surface area contributed by atoms with Gasteiger partial charge in [0, 0.05) is 6.54 Å². The molecule has 0 aliphatic rings. The summed E-state index contributed by atoms with van der Waals surface area (Å²) in [6.45, 7) is 2.39. The van der Waals surface area contributed by atoms with E-state index in [9.17, 15) is 9.59 Å². The summed E-state index contributed by atoms with van der Waals surface area (Å²) in [7, 11) is 0. The minimum Gasteiger partial charge on any atom is -0.457 e. The van der Waals surface area contributed by atoms with E-state index < -0.39 is 5.97 Å². The first-order valence-electron chi connectivity index (χ1n) is 7.62. The zero-order valence-electron chi connectivity index (χ0n) is 13.7. The van der Waals surface area contributed by atoms with Gasteiger partial charge in [-0.25, -0.2) is 0 Å². The summed E-state index contributed by atoms with van der Waals surface area (Å²) in [5.74, 6) is 0.0931. The number of halogens is 1. The summed E-state index contributed by atoms with van der Waals surface area (Å²) in [6.07, 6.45) is 0. The van der Waals surface area contributed by atoms with Gasteiger partial charge in [0.15, 0.2) is 17.6 Å². The van der Waals surface area contributed by atoms with Crippen LogP contribution in [0.2, 0.25) is 4.34 Å². The van der Waals surface area contributed by atoms with E-state index in [1.165, 1.54) is 11.8 Å². The van der Waals surface area contributed by atoms with Crippen LogP contribution >= 0.6 is 46.0 Å². The number of ether oxygens (including phenoxy) is 1. The van der Waals surface area contributed by atoms with Gasteiger partial charge >= 0.3 is 5.97 Å². The Hall–Kier alpha value is -1.68. The second kappa shape index (κ2) is 8.81. The van der Waals surface area contributed by atoms with Gasteiger partial charge in [0.1, 0.15) is 0 Å². The van der Waals surface area contributed by atoms with Crippen molar-refractivity contribution in [2.24, 2.45) is 0 Å². The Morgan fingerprint density at radius 3 is 2.81 bits per heavy atom. The molecule has 0 bridgehead atoms. The molecule has 6 nitrogen and oxygen atoms in total. The number of carbonyl (C=O) groups is 2. The monoisotopic (exact) mass is 427 g/mol. The zero-order chi connectivity index (χ0) is 18.5. The highest BCUT2D eigenvalue weighted by molar-refractivity contribution is 7.99. The van der Waals surface area contributed by atoms with Gasteiger partial charge in [-0.1, -0.05) is 29.4 Å². The molecule has 0 saturated heterocycles. The molecule has 3 aromatic heterocycles. The van der Waals surface area contributed by atoms with E-state index in [4.69, 9.17) is 16.3 Å². The predicted octanol–water partition coefficient (Wildman–Crippen LogP) is 4.26. The average Bonchev–Trinajstić information content (AvgIpc) is 3.37. The number of Topliss-reactive ketones (excluding diaryl/α,β-unsaturated/α-hetero) is 1. The molecule has 0 spiro atoms. The molecule has 0 amide bonds. The second-order valence-corrected chi connectivity index (χ2v) is 8.61. The number of hydrogen-bond acceptors (Lipinski definition) is 8. The van der Waals surface area contributed by atoms with E-state index in [-0.39, 0.29) is 18.1 Å². The Kier molecular flexibility index (Phi) is 6.47. The molecule has 3 aromatic rings. The van der Waals surface area contributed by atoms with Crippen LogP contribution in [0, 0.1) is 0 Å². The standard InChI is InChI=1S/C16H14ClN3O3S3/c1-2-20-15(12-4-3-7-24-12)18-19-16(20)25-9-14(22)23-8-10(21)11-5-6-13(17)26-11/h3-7H,2,8-9H2,1H3. The summed E-state index contributed by atoms with van der Waals surface area (Å²) < 4.78 is 7.51. The van der Waals surface area contributed by atoms with Gasteiger partial charge in [-0.2, -0.15) is 0 Å². The number of esters is 1. The number of hydrogen-bond donors (Lipinski definition) is 0. The van der Waals surface area contributed by atoms with Crippen LogP contribution in [-0.2, 0) is 16.1 Å². The number of thiophene rings is 2. The Morgan fingerprint density at radius 2 is 2.15 bits per heavy atom. The molecule has 0 unspecified atom stereocenters. The maximum atomic E-state index is 11.9. The lowest BCUT2D eigenvalue weighted by molar-refractivity contribution is -0.139. The van der Waals surface area contributed by atoms with Crippen molar-refractivity contribution in [2.75, 3.05) is 12.4 Å². The molecular weight excluding hydrogens is 414 g/mol. The van der Waals surface area contributed by atoms with E-state index in [1.54, 1.807) is 23.5 Å². The van der Waals surface area contributed by atoms with Gasteiger partial charge in [0.05, 0.1) is 19.8 Å². The number of thioether (sulfide) groups is 1. The van der Waals surface area contributed by atoms with E-state index in [0.29, 0.717) is 20.9 Å².